The lowest BCUT2D eigenvalue weighted by Crippen LogP contribution is -2.18. The molecule has 2 nitrogen and oxygen atoms in total. The molecule has 3 N–H and O–H groups in total. The Hall–Kier alpha value is -0.955. The molecule has 58 valence electrons. The molecule has 0 aliphatic rings. The molecule has 0 aromatic heterocycles. The van der Waals surface area contributed by atoms with Crippen LogP contribution in [0.1, 0.15) is 0 Å². The highest BCUT2D eigenvalue weighted by Gasteiger charge is 1.95. The number of hydrogen-bond acceptors (Lipinski definition) is 2. The average Bonchev–Trinajstić information content (AvgIpc) is 1.88. The number of rotatable bonds is 1. The molecule has 0 fully saturated rings. The van der Waals surface area contributed by atoms with Crippen LogP contribution in [0.15, 0.2) is 24.3 Å². The van der Waals surface area contributed by atoms with Gasteiger partial charge in [-0.3, -0.25) is 0 Å². The highest BCUT2D eigenvalue weighted by molar-refractivity contribution is 6.35. The first-order valence-electron chi connectivity index (χ1n) is 3.23. The van der Waals surface area contributed by atoms with Crippen molar-refractivity contribution in [2.24, 2.45) is 0 Å². The Bertz CT molecular complexity index is 223. The number of para-hydroxylation sites is 1. The van der Waals surface area contributed by atoms with Crippen molar-refractivity contribution in [3.05, 3.63) is 24.3 Å². The van der Waals surface area contributed by atoms with Crippen LogP contribution >= 0.6 is 0 Å². The van der Waals surface area contributed by atoms with Crippen molar-refractivity contribution in [2.75, 3.05) is 19.0 Å². The van der Waals surface area contributed by atoms with Gasteiger partial charge in [0.25, 0.3) is 0 Å². The minimum atomic E-state index is 0. The Morgan fingerprint density at radius 2 is 1.73 bits per heavy atom. The SMILES string of the molecule is N.[B]c1ccccc1N(C)C. The Balaban J connectivity index is 0.000001000. The summed E-state index contributed by atoms with van der Waals surface area (Å²) in [5.41, 5.74) is 1.90. The molecule has 3 heteroatoms. The van der Waals surface area contributed by atoms with Crippen LogP contribution in [0.5, 0.6) is 0 Å². The van der Waals surface area contributed by atoms with Crippen LogP contribution in [0.3, 0.4) is 0 Å². The molecule has 0 saturated carbocycles. The van der Waals surface area contributed by atoms with E-state index >= 15 is 0 Å². The molecule has 2 radical (unpaired) electrons. The summed E-state index contributed by atoms with van der Waals surface area (Å²) in [6.07, 6.45) is 0. The zero-order valence-corrected chi connectivity index (χ0v) is 7.04. The minimum Gasteiger partial charge on any atom is -0.378 e. The molecule has 0 amide bonds. The van der Waals surface area contributed by atoms with Crippen molar-refractivity contribution in [3.63, 3.8) is 0 Å². The summed E-state index contributed by atoms with van der Waals surface area (Å²) >= 11 is 0. The van der Waals surface area contributed by atoms with Crippen LogP contribution in [0, 0.1) is 0 Å². The second-order valence-electron chi connectivity index (χ2n) is 2.45. The van der Waals surface area contributed by atoms with Crippen molar-refractivity contribution in [3.8, 4) is 0 Å². The zero-order chi connectivity index (χ0) is 7.56. The number of benzene rings is 1. The second kappa shape index (κ2) is 4.03. The lowest BCUT2D eigenvalue weighted by atomic mass is 9.94. The van der Waals surface area contributed by atoms with E-state index in [4.69, 9.17) is 7.85 Å². The van der Waals surface area contributed by atoms with E-state index in [1.165, 1.54) is 0 Å². The number of nitrogens with zero attached hydrogens (tertiary/aromatic N) is 1. The van der Waals surface area contributed by atoms with Gasteiger partial charge in [0.2, 0.25) is 0 Å². The van der Waals surface area contributed by atoms with Crippen molar-refractivity contribution in [1.82, 2.24) is 6.15 Å². The summed E-state index contributed by atoms with van der Waals surface area (Å²) in [5.74, 6) is 0. The van der Waals surface area contributed by atoms with Gasteiger partial charge in [0.15, 0.2) is 0 Å². The van der Waals surface area contributed by atoms with Crippen LogP contribution in [0.4, 0.5) is 5.69 Å². The van der Waals surface area contributed by atoms with E-state index in [-0.39, 0.29) is 6.15 Å². The first-order chi connectivity index (χ1) is 4.72. The monoisotopic (exact) mass is 148 g/mol. The normalized spacial score (nSPS) is 8.55. The quantitative estimate of drug-likeness (QED) is 0.595. The average molecular weight is 148 g/mol. The van der Waals surface area contributed by atoms with Gasteiger partial charge in [0.05, 0.1) is 0 Å². The third-order valence-corrected chi connectivity index (χ3v) is 1.42. The Labute approximate surface area is 69.2 Å². The van der Waals surface area contributed by atoms with E-state index < -0.39 is 0 Å². The van der Waals surface area contributed by atoms with E-state index in [2.05, 4.69) is 0 Å². The van der Waals surface area contributed by atoms with Gasteiger partial charge >= 0.3 is 0 Å². The number of anilines is 1. The fraction of sp³-hybridized carbons (Fsp3) is 0.250. The predicted molar refractivity (Wildman–Crippen MR) is 51.2 cm³/mol. The van der Waals surface area contributed by atoms with Crippen LogP contribution in [0.2, 0.25) is 0 Å². The van der Waals surface area contributed by atoms with Gasteiger partial charge in [-0.25, -0.2) is 0 Å². The predicted octanol–water partition coefficient (Wildman–Crippen LogP) is 0.708. The summed E-state index contributed by atoms with van der Waals surface area (Å²) in [5, 5.41) is 0. The van der Waals surface area contributed by atoms with Crippen LogP contribution in [-0.2, 0) is 0 Å². The highest BCUT2D eigenvalue weighted by Crippen LogP contribution is 2.03. The van der Waals surface area contributed by atoms with Crippen molar-refractivity contribution < 1.29 is 0 Å². The van der Waals surface area contributed by atoms with Gasteiger partial charge < -0.3 is 11.1 Å². The molecule has 0 atom stereocenters. The molecule has 1 aromatic rings. The molecule has 1 rings (SSSR count). The third-order valence-electron chi connectivity index (χ3n) is 1.42. The van der Waals surface area contributed by atoms with E-state index in [1.54, 1.807) is 0 Å². The van der Waals surface area contributed by atoms with Gasteiger partial charge in [-0.2, -0.15) is 0 Å². The Kier molecular flexibility index (Phi) is 3.68. The second-order valence-corrected chi connectivity index (χ2v) is 2.45. The van der Waals surface area contributed by atoms with Gasteiger partial charge in [-0.05, 0) is 6.07 Å². The maximum absolute atomic E-state index is 5.68. The van der Waals surface area contributed by atoms with E-state index in [1.807, 2.05) is 43.3 Å². The maximum atomic E-state index is 5.68. The standard InChI is InChI=1S/C8H10BN.H3N/c1-10(2)8-6-4-3-5-7(8)9;/h3-6H,1-2H3;1H3. The van der Waals surface area contributed by atoms with Crippen LogP contribution in [0.25, 0.3) is 0 Å². The smallest absolute Gasteiger partial charge is 0.116 e. The van der Waals surface area contributed by atoms with Gasteiger partial charge in [-0.1, -0.05) is 23.7 Å². The summed E-state index contributed by atoms with van der Waals surface area (Å²) in [4.78, 5) is 2.00. The lowest BCUT2D eigenvalue weighted by molar-refractivity contribution is 1.14. The molecule has 0 heterocycles. The Morgan fingerprint density at radius 3 is 2.09 bits per heavy atom. The minimum absolute atomic E-state index is 0. The van der Waals surface area contributed by atoms with Crippen LogP contribution in [-0.4, -0.2) is 21.9 Å². The molecule has 0 spiro atoms. The van der Waals surface area contributed by atoms with Crippen LogP contribution < -0.4 is 16.5 Å². The summed E-state index contributed by atoms with van der Waals surface area (Å²) < 4.78 is 0. The first kappa shape index (κ1) is 10.0. The lowest BCUT2D eigenvalue weighted by Gasteiger charge is -2.14. The molecule has 0 bridgehead atoms. The fourth-order valence-corrected chi connectivity index (χ4v) is 0.895. The largest absolute Gasteiger partial charge is 0.378 e. The highest BCUT2D eigenvalue weighted by atomic mass is 15.1. The van der Waals surface area contributed by atoms with E-state index in [0.717, 1.165) is 11.2 Å². The molecule has 0 saturated heterocycles. The van der Waals surface area contributed by atoms with Gasteiger partial charge in [0.1, 0.15) is 7.85 Å². The number of hydrogen-bond donors (Lipinski definition) is 1. The summed E-state index contributed by atoms with van der Waals surface area (Å²) in [6, 6.07) is 7.80. The van der Waals surface area contributed by atoms with Crippen molar-refractivity contribution in [2.45, 2.75) is 0 Å². The van der Waals surface area contributed by atoms with Gasteiger partial charge in [-0.15, -0.1) is 0 Å². The molecule has 0 unspecified atom stereocenters. The molecular weight excluding hydrogens is 135 g/mol. The molecular formula is C8H13BN2. The molecule has 1 aromatic carbocycles. The molecule has 11 heavy (non-hydrogen) atoms. The maximum Gasteiger partial charge on any atom is 0.116 e. The fourth-order valence-electron chi connectivity index (χ4n) is 0.895. The zero-order valence-electron chi connectivity index (χ0n) is 7.04. The first-order valence-corrected chi connectivity index (χ1v) is 3.23. The van der Waals surface area contributed by atoms with Crippen molar-refractivity contribution in [1.29, 1.82) is 0 Å². The molecule has 0 aliphatic carbocycles. The van der Waals surface area contributed by atoms with E-state index in [9.17, 15) is 0 Å². The topological polar surface area (TPSA) is 38.2 Å². The molecule has 0 aliphatic heterocycles. The summed E-state index contributed by atoms with van der Waals surface area (Å²) in [6.45, 7) is 0. The van der Waals surface area contributed by atoms with Gasteiger partial charge in [0, 0.05) is 19.8 Å². The Morgan fingerprint density at radius 1 is 1.18 bits per heavy atom. The summed E-state index contributed by atoms with van der Waals surface area (Å²) in [7, 11) is 9.64. The third kappa shape index (κ3) is 2.28. The van der Waals surface area contributed by atoms with Crippen molar-refractivity contribution >= 4 is 19.0 Å². The van der Waals surface area contributed by atoms with E-state index in [0.29, 0.717) is 0 Å².